The van der Waals surface area contributed by atoms with Crippen molar-refractivity contribution < 1.29 is 4.39 Å². The van der Waals surface area contributed by atoms with Gasteiger partial charge >= 0.3 is 0 Å². The molecule has 6 heteroatoms. The largest absolute Gasteiger partial charge is 0.351 e. The first-order valence-electron chi connectivity index (χ1n) is 10.6. The molecule has 0 atom stereocenters. The van der Waals surface area contributed by atoms with Crippen LogP contribution in [0.5, 0.6) is 0 Å². The van der Waals surface area contributed by atoms with Gasteiger partial charge in [-0.15, -0.1) is 0 Å². The Morgan fingerprint density at radius 3 is 2.56 bits per heavy atom. The number of H-pyrrole nitrogens is 1. The van der Waals surface area contributed by atoms with Gasteiger partial charge in [-0.25, -0.2) is 14.4 Å². The summed E-state index contributed by atoms with van der Waals surface area (Å²) >= 11 is 0. The standard InChI is InChI=1S/C26H20FN5/c27-21-8-5-18(6-9-21)25-23(14-30-31-25)19-7-10-24-22(13-19)26(29-16-28-24)32-12-11-17-3-1-2-4-20(17)15-32/h1-10,13-14,16H,11-12,15H2,(H,30,31). The number of nitrogens with zero attached hydrogens (tertiary/aromatic N) is 4. The van der Waals surface area contributed by atoms with E-state index in [1.165, 1.54) is 23.3 Å². The molecule has 1 aliphatic heterocycles. The van der Waals surface area contributed by atoms with Crippen LogP contribution in [0.3, 0.4) is 0 Å². The average Bonchev–Trinajstić information content (AvgIpc) is 3.33. The smallest absolute Gasteiger partial charge is 0.140 e. The molecule has 1 N–H and O–H groups in total. The Morgan fingerprint density at radius 2 is 1.69 bits per heavy atom. The molecule has 0 radical (unpaired) electrons. The molecule has 0 spiro atoms. The predicted molar refractivity (Wildman–Crippen MR) is 124 cm³/mol. The van der Waals surface area contributed by atoms with Gasteiger partial charge in [0.15, 0.2) is 0 Å². The van der Waals surface area contributed by atoms with Crippen molar-refractivity contribution in [2.24, 2.45) is 0 Å². The zero-order chi connectivity index (χ0) is 21.5. The highest BCUT2D eigenvalue weighted by Gasteiger charge is 2.20. The number of benzene rings is 3. The summed E-state index contributed by atoms with van der Waals surface area (Å²) in [5, 5.41) is 8.39. The number of hydrogen-bond donors (Lipinski definition) is 1. The lowest BCUT2D eigenvalue weighted by molar-refractivity contribution is 0.628. The van der Waals surface area contributed by atoms with Crippen LogP contribution in [-0.4, -0.2) is 26.7 Å². The maximum absolute atomic E-state index is 13.4. The molecule has 0 fully saturated rings. The second-order valence-corrected chi connectivity index (χ2v) is 8.02. The topological polar surface area (TPSA) is 57.7 Å². The monoisotopic (exact) mass is 421 g/mol. The summed E-state index contributed by atoms with van der Waals surface area (Å²) in [5.74, 6) is 0.680. The van der Waals surface area contributed by atoms with E-state index in [1.807, 2.05) is 18.3 Å². The van der Waals surface area contributed by atoms with Gasteiger partial charge in [0.1, 0.15) is 18.0 Å². The lowest BCUT2D eigenvalue weighted by atomic mass is 9.98. The van der Waals surface area contributed by atoms with Crippen molar-refractivity contribution >= 4 is 16.7 Å². The van der Waals surface area contributed by atoms with Gasteiger partial charge in [-0.3, -0.25) is 5.10 Å². The molecule has 5 aromatic rings. The van der Waals surface area contributed by atoms with Crippen molar-refractivity contribution in [1.82, 2.24) is 20.2 Å². The van der Waals surface area contributed by atoms with E-state index in [0.29, 0.717) is 0 Å². The molecule has 3 heterocycles. The number of hydrogen-bond acceptors (Lipinski definition) is 4. The first-order valence-corrected chi connectivity index (χ1v) is 10.6. The van der Waals surface area contributed by atoms with E-state index in [1.54, 1.807) is 18.5 Å². The van der Waals surface area contributed by atoms with Gasteiger partial charge in [-0.05, 0) is 59.5 Å². The highest BCUT2D eigenvalue weighted by atomic mass is 19.1. The van der Waals surface area contributed by atoms with Crippen LogP contribution < -0.4 is 4.90 Å². The molecular formula is C26H20FN5. The highest BCUT2D eigenvalue weighted by Crippen LogP contribution is 2.34. The van der Waals surface area contributed by atoms with Crippen LogP contribution in [0.25, 0.3) is 33.3 Å². The van der Waals surface area contributed by atoms with Crippen LogP contribution in [-0.2, 0) is 13.0 Å². The number of nitrogens with one attached hydrogen (secondary N) is 1. The number of halogens is 1. The molecule has 3 aromatic carbocycles. The zero-order valence-corrected chi connectivity index (χ0v) is 17.3. The second kappa shape index (κ2) is 7.57. The minimum Gasteiger partial charge on any atom is -0.351 e. The molecule has 0 aliphatic carbocycles. The molecule has 0 amide bonds. The predicted octanol–water partition coefficient (Wildman–Crippen LogP) is 5.39. The van der Waals surface area contributed by atoms with Crippen LogP contribution >= 0.6 is 0 Å². The van der Waals surface area contributed by atoms with Gasteiger partial charge in [0, 0.05) is 35.8 Å². The van der Waals surface area contributed by atoms with Gasteiger partial charge < -0.3 is 4.90 Å². The molecule has 0 saturated heterocycles. The minimum atomic E-state index is -0.263. The van der Waals surface area contributed by atoms with Crippen LogP contribution in [0.1, 0.15) is 11.1 Å². The van der Waals surface area contributed by atoms with Crippen LogP contribution in [0.2, 0.25) is 0 Å². The Hall–Kier alpha value is -4.06. The fourth-order valence-corrected chi connectivity index (χ4v) is 4.48. The van der Waals surface area contributed by atoms with Crippen molar-refractivity contribution in [2.45, 2.75) is 13.0 Å². The Kier molecular flexibility index (Phi) is 4.42. The third-order valence-electron chi connectivity index (χ3n) is 6.11. The second-order valence-electron chi connectivity index (χ2n) is 8.02. The van der Waals surface area contributed by atoms with E-state index in [2.05, 4.69) is 55.4 Å². The Bertz CT molecular complexity index is 1420. The summed E-state index contributed by atoms with van der Waals surface area (Å²) < 4.78 is 13.4. The summed E-state index contributed by atoms with van der Waals surface area (Å²) in [6, 6.07) is 21.2. The van der Waals surface area contributed by atoms with Gasteiger partial charge in [-0.1, -0.05) is 30.3 Å². The van der Waals surface area contributed by atoms with Crippen molar-refractivity contribution in [3.63, 3.8) is 0 Å². The van der Waals surface area contributed by atoms with E-state index >= 15 is 0 Å². The Morgan fingerprint density at radius 1 is 0.875 bits per heavy atom. The molecule has 0 unspecified atom stereocenters. The van der Waals surface area contributed by atoms with E-state index in [0.717, 1.165) is 58.6 Å². The number of aromatic amines is 1. The van der Waals surface area contributed by atoms with E-state index in [4.69, 9.17) is 0 Å². The molecular weight excluding hydrogens is 401 g/mol. The molecule has 0 saturated carbocycles. The van der Waals surface area contributed by atoms with E-state index in [9.17, 15) is 4.39 Å². The van der Waals surface area contributed by atoms with Gasteiger partial charge in [0.25, 0.3) is 0 Å². The average molecular weight is 421 g/mol. The van der Waals surface area contributed by atoms with Crippen molar-refractivity contribution in [2.75, 3.05) is 11.4 Å². The van der Waals surface area contributed by atoms with Gasteiger partial charge in [-0.2, -0.15) is 5.10 Å². The molecule has 6 rings (SSSR count). The Labute approximate surface area is 184 Å². The summed E-state index contributed by atoms with van der Waals surface area (Å²) in [4.78, 5) is 11.5. The minimum absolute atomic E-state index is 0.263. The first-order chi connectivity index (χ1) is 15.8. The first kappa shape index (κ1) is 18.7. The Balaban J connectivity index is 1.43. The SMILES string of the molecule is Fc1ccc(-c2n[nH]cc2-c2ccc3ncnc(N4CCc5ccccc5C4)c3c2)cc1. The van der Waals surface area contributed by atoms with E-state index in [-0.39, 0.29) is 5.82 Å². The highest BCUT2D eigenvalue weighted by molar-refractivity contribution is 5.94. The number of fused-ring (bicyclic) bond motifs is 2. The molecule has 32 heavy (non-hydrogen) atoms. The van der Waals surface area contributed by atoms with Gasteiger partial charge in [0.2, 0.25) is 0 Å². The van der Waals surface area contributed by atoms with Crippen LogP contribution in [0.15, 0.2) is 79.3 Å². The lowest BCUT2D eigenvalue weighted by Gasteiger charge is -2.30. The summed E-state index contributed by atoms with van der Waals surface area (Å²) in [5.41, 5.74) is 7.27. The quantitative estimate of drug-likeness (QED) is 0.424. The summed E-state index contributed by atoms with van der Waals surface area (Å²) in [6.45, 7) is 1.75. The summed E-state index contributed by atoms with van der Waals surface area (Å²) in [7, 11) is 0. The van der Waals surface area contributed by atoms with Crippen LogP contribution in [0, 0.1) is 5.82 Å². The van der Waals surface area contributed by atoms with Crippen molar-refractivity contribution in [3.8, 4) is 22.4 Å². The molecule has 0 bridgehead atoms. The maximum Gasteiger partial charge on any atom is 0.140 e. The molecule has 1 aliphatic rings. The summed E-state index contributed by atoms with van der Waals surface area (Å²) in [6.07, 6.45) is 4.51. The van der Waals surface area contributed by atoms with Crippen molar-refractivity contribution in [3.05, 3.63) is 96.2 Å². The number of anilines is 1. The maximum atomic E-state index is 13.4. The lowest BCUT2D eigenvalue weighted by Crippen LogP contribution is -2.31. The number of rotatable bonds is 3. The van der Waals surface area contributed by atoms with E-state index < -0.39 is 0 Å². The van der Waals surface area contributed by atoms with Gasteiger partial charge in [0.05, 0.1) is 11.2 Å². The number of aromatic nitrogens is 4. The van der Waals surface area contributed by atoms with Crippen LogP contribution in [0.4, 0.5) is 10.2 Å². The fraction of sp³-hybridized carbons (Fsp3) is 0.115. The zero-order valence-electron chi connectivity index (χ0n) is 17.3. The molecule has 156 valence electrons. The fourth-order valence-electron chi connectivity index (χ4n) is 4.48. The third-order valence-corrected chi connectivity index (χ3v) is 6.11. The normalized spacial score (nSPS) is 13.3. The van der Waals surface area contributed by atoms with Crippen molar-refractivity contribution in [1.29, 1.82) is 0 Å². The molecule has 2 aromatic heterocycles. The molecule has 5 nitrogen and oxygen atoms in total. The third kappa shape index (κ3) is 3.21.